The van der Waals surface area contributed by atoms with Crippen molar-refractivity contribution in [3.63, 3.8) is 0 Å². The highest BCUT2D eigenvalue weighted by molar-refractivity contribution is 8.19. The summed E-state index contributed by atoms with van der Waals surface area (Å²) in [5.41, 5.74) is 0.237. The molecule has 0 aliphatic heterocycles. The van der Waals surface area contributed by atoms with Crippen LogP contribution < -0.4 is 0 Å². The maximum Gasteiger partial charge on any atom is 0.295 e. The monoisotopic (exact) mass is 384 g/mol. The standard InChI is InChI=1S/C11H12O9S3/c1-6-2-3-9(22(15,16)17)8-4-7(21(12,13)14)5-10(11(6)8)23(18,19)20/h2-5,12-14H,1H3,(H,15,16,17)(H,18,19,20). The van der Waals surface area contributed by atoms with Crippen molar-refractivity contribution in [3.05, 3.63) is 29.8 Å². The van der Waals surface area contributed by atoms with Gasteiger partial charge in [-0.25, -0.2) is 0 Å². The molecule has 5 N–H and O–H groups in total. The molecular weight excluding hydrogens is 372 g/mol. The highest BCUT2D eigenvalue weighted by Gasteiger charge is 2.26. The van der Waals surface area contributed by atoms with E-state index < -0.39 is 51.2 Å². The van der Waals surface area contributed by atoms with E-state index in [-0.39, 0.29) is 10.9 Å². The molecule has 2 aromatic carbocycles. The summed E-state index contributed by atoms with van der Waals surface area (Å²) in [6.07, 6.45) is 0. The smallest absolute Gasteiger partial charge is 0.295 e. The van der Waals surface area contributed by atoms with Gasteiger partial charge in [0.25, 0.3) is 20.2 Å². The lowest BCUT2D eigenvalue weighted by atomic mass is 10.1. The molecule has 0 aliphatic carbocycles. The zero-order valence-corrected chi connectivity index (χ0v) is 13.9. The SMILES string of the molecule is Cc1ccc(S(=O)(=O)O)c2cc(S(O)(O)O)cc(S(=O)(=O)O)c12. The highest BCUT2D eigenvalue weighted by Crippen LogP contribution is 2.47. The molecule has 0 fully saturated rings. The highest BCUT2D eigenvalue weighted by atomic mass is 32.3. The Labute approximate surface area is 133 Å². The van der Waals surface area contributed by atoms with Crippen LogP contribution in [0.1, 0.15) is 5.56 Å². The van der Waals surface area contributed by atoms with Gasteiger partial charge in [-0.1, -0.05) is 6.07 Å². The third-order valence-electron chi connectivity index (χ3n) is 3.09. The number of benzene rings is 2. The topological polar surface area (TPSA) is 169 Å². The van der Waals surface area contributed by atoms with Crippen LogP contribution in [-0.4, -0.2) is 39.6 Å². The molecule has 0 atom stereocenters. The Morgan fingerprint density at radius 1 is 0.783 bits per heavy atom. The molecule has 0 heterocycles. The van der Waals surface area contributed by atoms with Crippen molar-refractivity contribution < 1.29 is 39.6 Å². The maximum absolute atomic E-state index is 11.5. The number of rotatable bonds is 3. The van der Waals surface area contributed by atoms with Gasteiger partial charge in [0, 0.05) is 10.8 Å². The van der Waals surface area contributed by atoms with Crippen LogP contribution in [0.2, 0.25) is 0 Å². The largest absolute Gasteiger partial charge is 0.304 e. The average Bonchev–Trinajstić information content (AvgIpc) is 2.34. The Morgan fingerprint density at radius 2 is 1.30 bits per heavy atom. The van der Waals surface area contributed by atoms with E-state index in [4.69, 9.17) is 0 Å². The lowest BCUT2D eigenvalue weighted by Crippen LogP contribution is -2.07. The number of hydrogen-bond donors (Lipinski definition) is 5. The second-order valence-corrected chi connectivity index (χ2v) is 8.98. The molecule has 0 spiro atoms. The first kappa shape index (κ1) is 18.1. The second kappa shape index (κ2) is 5.39. The molecule has 23 heavy (non-hydrogen) atoms. The zero-order valence-electron chi connectivity index (χ0n) is 11.4. The quantitative estimate of drug-likeness (QED) is 0.498. The summed E-state index contributed by atoms with van der Waals surface area (Å²) in [5, 5.41) is -0.637. The molecule has 0 radical (unpaired) electrons. The molecule has 12 heteroatoms. The van der Waals surface area contributed by atoms with Crippen molar-refractivity contribution in [2.45, 2.75) is 21.6 Å². The van der Waals surface area contributed by atoms with Crippen molar-refractivity contribution in [2.75, 3.05) is 0 Å². The van der Waals surface area contributed by atoms with Crippen LogP contribution in [0.4, 0.5) is 0 Å². The second-order valence-electron chi connectivity index (χ2n) is 4.69. The molecule has 9 nitrogen and oxygen atoms in total. The molecule has 0 saturated heterocycles. The van der Waals surface area contributed by atoms with Gasteiger partial charge in [0.2, 0.25) is 0 Å². The molecule has 2 rings (SSSR count). The molecule has 0 unspecified atom stereocenters. The van der Waals surface area contributed by atoms with Gasteiger partial charge >= 0.3 is 0 Å². The van der Waals surface area contributed by atoms with Gasteiger partial charge in [-0.2, -0.15) is 16.8 Å². The first-order valence-corrected chi connectivity index (χ1v) is 10.1. The molecule has 0 amide bonds. The van der Waals surface area contributed by atoms with Crippen molar-refractivity contribution in [2.24, 2.45) is 0 Å². The van der Waals surface area contributed by atoms with Gasteiger partial charge in [-0.05, 0) is 30.7 Å². The molecule has 0 aliphatic rings. The predicted molar refractivity (Wildman–Crippen MR) is 82.1 cm³/mol. The third kappa shape index (κ3) is 3.49. The maximum atomic E-state index is 11.5. The Bertz CT molecular complexity index is 1000. The van der Waals surface area contributed by atoms with E-state index in [0.717, 1.165) is 12.1 Å². The molecule has 0 saturated carbocycles. The number of aryl methyl sites for hydroxylation is 1. The lowest BCUT2D eigenvalue weighted by molar-refractivity contribution is 0.376. The van der Waals surface area contributed by atoms with Gasteiger partial charge in [0.1, 0.15) is 20.7 Å². The number of hydrogen-bond acceptors (Lipinski definition) is 7. The lowest BCUT2D eigenvalue weighted by Gasteiger charge is -2.21. The Balaban J connectivity index is 3.18. The molecule has 128 valence electrons. The van der Waals surface area contributed by atoms with E-state index in [1.54, 1.807) is 0 Å². The Morgan fingerprint density at radius 3 is 1.74 bits per heavy atom. The fraction of sp³-hybridized carbons (Fsp3) is 0.0909. The van der Waals surface area contributed by atoms with Crippen LogP contribution in [0.25, 0.3) is 10.8 Å². The zero-order chi connectivity index (χ0) is 17.8. The van der Waals surface area contributed by atoms with Crippen LogP contribution in [0.3, 0.4) is 0 Å². The first-order valence-electron chi connectivity index (χ1n) is 5.76. The minimum Gasteiger partial charge on any atom is -0.304 e. The van der Waals surface area contributed by atoms with Gasteiger partial charge < -0.3 is 13.7 Å². The summed E-state index contributed by atoms with van der Waals surface area (Å²) in [7, 11) is -14.1. The van der Waals surface area contributed by atoms with E-state index in [9.17, 15) is 39.6 Å². The van der Waals surface area contributed by atoms with E-state index in [2.05, 4.69) is 0 Å². The van der Waals surface area contributed by atoms with E-state index in [1.807, 2.05) is 0 Å². The van der Waals surface area contributed by atoms with Crippen LogP contribution in [0, 0.1) is 6.92 Å². The normalized spacial score (nSPS) is 14.2. The van der Waals surface area contributed by atoms with Crippen molar-refractivity contribution in [1.82, 2.24) is 0 Å². The molecule has 0 aromatic heterocycles. The fourth-order valence-electron chi connectivity index (χ4n) is 2.15. The van der Waals surface area contributed by atoms with Gasteiger partial charge in [-0.3, -0.25) is 9.11 Å². The Hall–Kier alpha value is -1.25. The summed E-state index contributed by atoms with van der Waals surface area (Å²) in [6, 6.07) is 3.62. The van der Waals surface area contributed by atoms with Gasteiger partial charge in [0.05, 0.1) is 4.90 Å². The summed E-state index contributed by atoms with van der Waals surface area (Å²) >= 11 is 0. The van der Waals surface area contributed by atoms with Crippen molar-refractivity contribution >= 4 is 41.9 Å². The first-order chi connectivity index (χ1) is 10.2. The number of fused-ring (bicyclic) bond motifs is 1. The van der Waals surface area contributed by atoms with Gasteiger partial charge in [0.15, 0.2) is 0 Å². The summed E-state index contributed by atoms with van der Waals surface area (Å²) < 4.78 is 92.5. The minimum atomic E-state index is -4.89. The third-order valence-corrected chi connectivity index (χ3v) is 5.75. The fourth-order valence-corrected chi connectivity index (χ4v) is 4.26. The van der Waals surface area contributed by atoms with Crippen LogP contribution in [0.5, 0.6) is 0 Å². The average molecular weight is 384 g/mol. The molecular formula is C11H12O9S3. The van der Waals surface area contributed by atoms with Gasteiger partial charge in [-0.15, -0.1) is 0 Å². The summed E-state index contributed by atoms with van der Waals surface area (Å²) in [6.45, 7) is 1.42. The van der Waals surface area contributed by atoms with Crippen LogP contribution in [0.15, 0.2) is 39.0 Å². The molecule has 2 aromatic rings. The molecule has 0 bridgehead atoms. The van der Waals surface area contributed by atoms with Crippen molar-refractivity contribution in [1.29, 1.82) is 0 Å². The predicted octanol–water partition coefficient (Wildman–Crippen LogP) is 2.22. The van der Waals surface area contributed by atoms with E-state index in [1.165, 1.54) is 13.0 Å². The summed E-state index contributed by atoms with van der Waals surface area (Å²) in [4.78, 5) is -2.27. The van der Waals surface area contributed by atoms with E-state index >= 15 is 0 Å². The summed E-state index contributed by atoms with van der Waals surface area (Å²) in [5.74, 6) is 0. The minimum absolute atomic E-state index is 0.237. The van der Waals surface area contributed by atoms with Crippen molar-refractivity contribution in [3.8, 4) is 0 Å². The van der Waals surface area contributed by atoms with E-state index in [0.29, 0.717) is 6.07 Å². The van der Waals surface area contributed by atoms with Crippen LogP contribution >= 0.6 is 10.9 Å². The Kier molecular flexibility index (Phi) is 4.24. The van der Waals surface area contributed by atoms with Crippen LogP contribution in [-0.2, 0) is 20.2 Å².